The molecule has 0 radical (unpaired) electrons. The van der Waals surface area contributed by atoms with Crippen LogP contribution in [0.4, 0.5) is 5.82 Å². The molecule has 1 unspecified atom stereocenters. The summed E-state index contributed by atoms with van der Waals surface area (Å²) in [5.74, 6) is 0.750. The quantitative estimate of drug-likeness (QED) is 0.532. The van der Waals surface area contributed by atoms with Crippen molar-refractivity contribution in [1.29, 1.82) is 0 Å². The normalized spacial score (nSPS) is 12.0. The lowest BCUT2D eigenvalue weighted by atomic mass is 10.1. The van der Waals surface area contributed by atoms with Crippen LogP contribution in [0.25, 0.3) is 11.2 Å². The van der Waals surface area contributed by atoms with Gasteiger partial charge in [-0.05, 0) is 23.3 Å². The van der Waals surface area contributed by atoms with Crippen LogP contribution in [0.3, 0.4) is 0 Å². The Hall–Kier alpha value is -3.31. The van der Waals surface area contributed by atoms with Crippen LogP contribution in [0.2, 0.25) is 0 Å². The summed E-state index contributed by atoms with van der Waals surface area (Å²) in [7, 11) is 0. The number of hydrogen-bond acceptors (Lipinski definition) is 5. The molecule has 0 aliphatic rings. The van der Waals surface area contributed by atoms with Crippen LogP contribution in [-0.4, -0.2) is 21.6 Å². The highest BCUT2D eigenvalue weighted by Gasteiger charge is 2.13. The minimum Gasteiger partial charge on any atom is -0.374 e. The molecular weight excluding hydrogens is 336 g/mol. The molecule has 0 amide bonds. The number of aromatic nitrogens is 3. The molecule has 5 heteroatoms. The summed E-state index contributed by atoms with van der Waals surface area (Å²) in [6.07, 6.45) is 3.32. The molecule has 2 aromatic carbocycles. The number of pyridine rings is 1. The zero-order chi connectivity index (χ0) is 18.3. The third kappa shape index (κ3) is 4.46. The average Bonchev–Trinajstić information content (AvgIpc) is 2.74. The smallest absolute Gasteiger partial charge is 0.180 e. The maximum Gasteiger partial charge on any atom is 0.180 e. The van der Waals surface area contributed by atoms with Gasteiger partial charge in [-0.2, -0.15) is 0 Å². The van der Waals surface area contributed by atoms with E-state index in [0.717, 1.165) is 22.5 Å². The zero-order valence-corrected chi connectivity index (χ0v) is 14.8. The van der Waals surface area contributed by atoms with Gasteiger partial charge in [0.25, 0.3) is 0 Å². The van der Waals surface area contributed by atoms with Gasteiger partial charge in [0.05, 0.1) is 19.3 Å². The van der Waals surface area contributed by atoms with Crippen molar-refractivity contribution < 1.29 is 4.74 Å². The van der Waals surface area contributed by atoms with Crippen molar-refractivity contribution in [3.63, 3.8) is 0 Å². The first kappa shape index (κ1) is 17.1. The van der Waals surface area contributed by atoms with Crippen LogP contribution in [-0.2, 0) is 11.3 Å². The van der Waals surface area contributed by atoms with Crippen molar-refractivity contribution in [3.05, 3.63) is 96.3 Å². The van der Waals surface area contributed by atoms with Crippen molar-refractivity contribution in [3.8, 4) is 0 Å². The van der Waals surface area contributed by atoms with Crippen LogP contribution < -0.4 is 5.32 Å². The molecule has 2 heterocycles. The Balaban J connectivity index is 1.50. The maximum atomic E-state index is 5.98. The molecule has 0 bridgehead atoms. The Morgan fingerprint density at radius 2 is 1.56 bits per heavy atom. The lowest BCUT2D eigenvalue weighted by molar-refractivity contribution is 0.112. The summed E-state index contributed by atoms with van der Waals surface area (Å²) in [6, 6.07) is 24.2. The number of hydrogen-bond donors (Lipinski definition) is 1. The molecule has 0 aliphatic carbocycles. The Labute approximate surface area is 158 Å². The summed E-state index contributed by atoms with van der Waals surface area (Å²) in [5.41, 5.74) is 3.70. The monoisotopic (exact) mass is 356 g/mol. The molecule has 0 spiro atoms. The summed E-state index contributed by atoms with van der Waals surface area (Å²) < 4.78 is 5.98. The Morgan fingerprint density at radius 1 is 0.815 bits per heavy atom. The van der Waals surface area contributed by atoms with Gasteiger partial charge in [-0.3, -0.25) is 4.98 Å². The molecule has 0 aliphatic heterocycles. The first-order valence-corrected chi connectivity index (χ1v) is 8.89. The number of ether oxygens (including phenoxy) is 1. The van der Waals surface area contributed by atoms with Gasteiger partial charge in [0.2, 0.25) is 0 Å². The van der Waals surface area contributed by atoms with Gasteiger partial charge < -0.3 is 10.1 Å². The van der Waals surface area contributed by atoms with E-state index < -0.39 is 0 Å². The fraction of sp³-hybridized carbons (Fsp3) is 0.136. The minimum atomic E-state index is -0.0171. The number of anilines is 1. The number of nitrogens with one attached hydrogen (secondary N) is 1. The first-order chi connectivity index (χ1) is 13.4. The van der Waals surface area contributed by atoms with Gasteiger partial charge in [-0.25, -0.2) is 9.97 Å². The van der Waals surface area contributed by atoms with Gasteiger partial charge in [-0.15, -0.1) is 0 Å². The van der Waals surface area contributed by atoms with E-state index in [1.165, 1.54) is 0 Å². The second kappa shape index (κ2) is 8.38. The lowest BCUT2D eigenvalue weighted by Crippen LogP contribution is -2.18. The van der Waals surface area contributed by atoms with E-state index in [0.29, 0.717) is 18.9 Å². The van der Waals surface area contributed by atoms with E-state index in [9.17, 15) is 0 Å². The second-order valence-corrected chi connectivity index (χ2v) is 6.20. The Bertz CT molecular complexity index is 992. The third-order valence-corrected chi connectivity index (χ3v) is 4.25. The summed E-state index contributed by atoms with van der Waals surface area (Å²) in [6.45, 7) is 1.10. The Kier molecular flexibility index (Phi) is 5.31. The van der Waals surface area contributed by atoms with E-state index in [-0.39, 0.29) is 6.04 Å². The van der Waals surface area contributed by atoms with E-state index >= 15 is 0 Å². The summed E-state index contributed by atoms with van der Waals surface area (Å²) in [4.78, 5) is 13.1. The fourth-order valence-electron chi connectivity index (χ4n) is 2.89. The van der Waals surface area contributed by atoms with Crippen LogP contribution in [0, 0.1) is 0 Å². The predicted octanol–water partition coefficient (Wildman–Crippen LogP) is 4.39. The van der Waals surface area contributed by atoms with Gasteiger partial charge in [0.15, 0.2) is 5.65 Å². The van der Waals surface area contributed by atoms with Gasteiger partial charge in [0.1, 0.15) is 11.3 Å². The molecule has 27 heavy (non-hydrogen) atoms. The molecular formula is C22H20N4O. The highest BCUT2D eigenvalue weighted by atomic mass is 16.5. The van der Waals surface area contributed by atoms with Crippen LogP contribution in [0.5, 0.6) is 0 Å². The molecule has 134 valence electrons. The average molecular weight is 356 g/mol. The van der Waals surface area contributed by atoms with Crippen molar-refractivity contribution in [2.45, 2.75) is 12.6 Å². The van der Waals surface area contributed by atoms with Crippen molar-refractivity contribution in [2.75, 3.05) is 11.9 Å². The second-order valence-electron chi connectivity index (χ2n) is 6.20. The third-order valence-electron chi connectivity index (χ3n) is 4.25. The number of fused-ring (bicyclic) bond motifs is 1. The van der Waals surface area contributed by atoms with E-state index in [2.05, 4.69) is 44.5 Å². The highest BCUT2D eigenvalue weighted by Crippen LogP contribution is 2.20. The minimum absolute atomic E-state index is 0.0171. The topological polar surface area (TPSA) is 59.9 Å². The Morgan fingerprint density at radius 3 is 2.37 bits per heavy atom. The summed E-state index contributed by atoms with van der Waals surface area (Å²) >= 11 is 0. The van der Waals surface area contributed by atoms with Gasteiger partial charge in [0, 0.05) is 12.4 Å². The maximum absolute atomic E-state index is 5.98. The molecule has 0 fully saturated rings. The van der Waals surface area contributed by atoms with E-state index in [1.807, 2.05) is 48.5 Å². The van der Waals surface area contributed by atoms with E-state index in [1.54, 1.807) is 12.4 Å². The molecule has 0 saturated carbocycles. The number of benzene rings is 2. The van der Waals surface area contributed by atoms with Crippen molar-refractivity contribution in [1.82, 2.24) is 15.0 Å². The van der Waals surface area contributed by atoms with Crippen LogP contribution in [0.1, 0.15) is 17.2 Å². The number of rotatable bonds is 7. The van der Waals surface area contributed by atoms with Crippen molar-refractivity contribution >= 4 is 17.0 Å². The molecule has 4 rings (SSSR count). The largest absolute Gasteiger partial charge is 0.374 e. The van der Waals surface area contributed by atoms with Crippen molar-refractivity contribution in [2.24, 2.45) is 0 Å². The molecule has 5 nitrogen and oxygen atoms in total. The first-order valence-electron chi connectivity index (χ1n) is 8.89. The van der Waals surface area contributed by atoms with Gasteiger partial charge >= 0.3 is 0 Å². The highest BCUT2D eigenvalue weighted by molar-refractivity contribution is 5.71. The molecule has 1 N–H and O–H groups in total. The summed E-state index contributed by atoms with van der Waals surface area (Å²) in [5, 5.41) is 3.47. The predicted molar refractivity (Wildman–Crippen MR) is 106 cm³/mol. The molecule has 4 aromatic rings. The van der Waals surface area contributed by atoms with Gasteiger partial charge in [-0.1, -0.05) is 60.7 Å². The SMILES string of the molecule is c1ccc(COCC(Nc2ccc3nccnc3n2)c2ccccc2)cc1. The van der Waals surface area contributed by atoms with E-state index in [4.69, 9.17) is 4.74 Å². The molecule has 0 saturated heterocycles. The molecule has 1 atom stereocenters. The molecule has 2 aromatic heterocycles. The standard InChI is InChI=1S/C22H20N4O/c1-3-7-17(8-4-1)15-27-16-20(18-9-5-2-6-10-18)25-21-12-11-19-22(26-21)24-14-13-23-19/h1-14,20H,15-16H2,(H,24,25,26). The number of nitrogens with zero attached hydrogens (tertiary/aromatic N) is 3. The zero-order valence-electron chi connectivity index (χ0n) is 14.8. The lowest BCUT2D eigenvalue weighted by Gasteiger charge is -2.20. The van der Waals surface area contributed by atoms with Crippen LogP contribution >= 0.6 is 0 Å². The van der Waals surface area contributed by atoms with Crippen LogP contribution in [0.15, 0.2) is 85.2 Å². The fourth-order valence-corrected chi connectivity index (χ4v) is 2.89.